The highest BCUT2D eigenvalue weighted by molar-refractivity contribution is 5.70. The maximum Gasteiger partial charge on any atom is 0.219 e. The van der Waals surface area contributed by atoms with E-state index in [1.54, 1.807) is 17.1 Å². The Morgan fingerprint density at radius 3 is 2.27 bits per heavy atom. The number of aromatic nitrogens is 5. The highest BCUT2D eigenvalue weighted by atomic mass is 16.6. The lowest BCUT2D eigenvalue weighted by molar-refractivity contribution is -0.0817. The molecular formula is C25H28N6O2. The number of benzene rings is 1. The van der Waals surface area contributed by atoms with Gasteiger partial charge in [0.15, 0.2) is 6.29 Å². The van der Waals surface area contributed by atoms with E-state index in [-0.39, 0.29) is 11.4 Å². The van der Waals surface area contributed by atoms with Crippen LogP contribution in [0.25, 0.3) is 22.3 Å². The van der Waals surface area contributed by atoms with Crippen LogP contribution in [0.5, 0.6) is 0 Å². The van der Waals surface area contributed by atoms with E-state index in [2.05, 4.69) is 43.9 Å². The zero-order valence-corrected chi connectivity index (χ0v) is 19.1. The third-order valence-electron chi connectivity index (χ3n) is 6.87. The van der Waals surface area contributed by atoms with Gasteiger partial charge in [-0.2, -0.15) is 5.10 Å². The Hall–Kier alpha value is -3.49. The van der Waals surface area contributed by atoms with Gasteiger partial charge in [0, 0.05) is 67.6 Å². The molecule has 1 aliphatic carbocycles. The normalized spacial score (nSPS) is 15.9. The average Bonchev–Trinajstić information content (AvgIpc) is 3.37. The lowest BCUT2D eigenvalue weighted by Crippen LogP contribution is -2.38. The first kappa shape index (κ1) is 21.4. The number of methoxy groups -OCH3 is 1. The van der Waals surface area contributed by atoms with Crippen molar-refractivity contribution in [3.63, 3.8) is 0 Å². The minimum Gasteiger partial charge on any atom is -0.368 e. The number of ether oxygens (including phenoxy) is 1. The van der Waals surface area contributed by atoms with Crippen molar-refractivity contribution in [2.24, 2.45) is 14.1 Å². The largest absolute Gasteiger partial charge is 0.368 e. The smallest absolute Gasteiger partial charge is 0.219 e. The Morgan fingerprint density at radius 1 is 1.03 bits per heavy atom. The first-order valence-electron chi connectivity index (χ1n) is 11.0. The fourth-order valence-corrected chi connectivity index (χ4v) is 5.00. The minimum atomic E-state index is -0.996. The minimum absolute atomic E-state index is 0.151. The van der Waals surface area contributed by atoms with Gasteiger partial charge in [0.25, 0.3) is 0 Å². The molecule has 0 spiro atoms. The number of nitrogen functional groups attached to an aromatic ring is 1. The first-order chi connectivity index (χ1) is 15.9. The molecule has 3 aromatic heterocycles. The quantitative estimate of drug-likeness (QED) is 0.441. The van der Waals surface area contributed by atoms with Crippen LogP contribution in [0.4, 0.5) is 5.95 Å². The van der Waals surface area contributed by atoms with Gasteiger partial charge in [-0.15, -0.1) is 0 Å². The van der Waals surface area contributed by atoms with Crippen LogP contribution in [0.2, 0.25) is 0 Å². The van der Waals surface area contributed by atoms with Crippen molar-refractivity contribution in [1.82, 2.24) is 24.3 Å². The molecule has 1 aliphatic rings. The third kappa shape index (κ3) is 3.51. The van der Waals surface area contributed by atoms with Gasteiger partial charge in [0.1, 0.15) is 0 Å². The summed E-state index contributed by atoms with van der Waals surface area (Å²) in [5.74, 6) is 0.268. The second-order valence-corrected chi connectivity index (χ2v) is 8.72. The van der Waals surface area contributed by atoms with Crippen LogP contribution in [-0.4, -0.2) is 36.5 Å². The monoisotopic (exact) mass is 444 g/mol. The molecule has 0 amide bonds. The zero-order valence-electron chi connectivity index (χ0n) is 19.1. The standard InChI is InChI=1S/C25H28N6O2/c1-30-15-18(14-29-30)20-11-21(23(32)33-3)31(2)22(20)25(9-4-10-25)19-7-5-16(6-8-19)17-12-27-24(26)28-13-17/h5-8,11-15,23,32H,4,9-10H2,1-3H3,(H2,26,27,28). The molecule has 1 fully saturated rings. The van der Waals surface area contributed by atoms with Crippen LogP contribution in [0.1, 0.15) is 42.5 Å². The average molecular weight is 445 g/mol. The van der Waals surface area contributed by atoms with Crippen LogP contribution in [0.15, 0.2) is 55.1 Å². The Balaban J connectivity index is 1.62. The van der Waals surface area contributed by atoms with Crippen molar-refractivity contribution in [3.8, 4) is 22.3 Å². The number of aliphatic hydroxyl groups is 1. The van der Waals surface area contributed by atoms with Crippen molar-refractivity contribution in [1.29, 1.82) is 0 Å². The van der Waals surface area contributed by atoms with Crippen LogP contribution in [0.3, 0.4) is 0 Å². The molecule has 0 bridgehead atoms. The molecule has 33 heavy (non-hydrogen) atoms. The fraction of sp³-hybridized carbons (Fsp3) is 0.320. The molecule has 3 N–H and O–H groups in total. The Morgan fingerprint density at radius 2 is 1.73 bits per heavy atom. The summed E-state index contributed by atoms with van der Waals surface area (Å²) in [4.78, 5) is 8.22. The second-order valence-electron chi connectivity index (χ2n) is 8.72. The number of nitrogens with two attached hydrogens (primary N) is 1. The Labute approximate surface area is 192 Å². The van der Waals surface area contributed by atoms with Gasteiger partial charge in [-0.25, -0.2) is 9.97 Å². The number of aryl methyl sites for hydroxylation is 1. The van der Waals surface area contributed by atoms with Crippen molar-refractivity contribution in [2.75, 3.05) is 12.8 Å². The predicted molar refractivity (Wildman–Crippen MR) is 126 cm³/mol. The number of anilines is 1. The molecule has 1 atom stereocenters. The summed E-state index contributed by atoms with van der Waals surface area (Å²) in [6, 6.07) is 10.6. The van der Waals surface area contributed by atoms with E-state index in [0.717, 1.165) is 47.2 Å². The van der Waals surface area contributed by atoms with Crippen LogP contribution >= 0.6 is 0 Å². The molecule has 170 valence electrons. The SMILES string of the molecule is COC(O)c1cc(-c2cnn(C)c2)c(C2(c3ccc(-c4cnc(N)nc4)cc3)CCC2)n1C. The Bertz CT molecular complexity index is 1270. The van der Waals surface area contributed by atoms with Gasteiger partial charge in [-0.1, -0.05) is 30.7 Å². The molecule has 0 aliphatic heterocycles. The third-order valence-corrected chi connectivity index (χ3v) is 6.87. The van der Waals surface area contributed by atoms with E-state index in [1.807, 2.05) is 32.6 Å². The van der Waals surface area contributed by atoms with Gasteiger partial charge in [-0.05, 0) is 30.0 Å². The molecule has 1 unspecified atom stereocenters. The molecule has 8 nitrogen and oxygen atoms in total. The van der Waals surface area contributed by atoms with Gasteiger partial charge >= 0.3 is 0 Å². The van der Waals surface area contributed by atoms with Crippen molar-refractivity contribution in [2.45, 2.75) is 31.0 Å². The lowest BCUT2D eigenvalue weighted by atomic mass is 9.61. The molecule has 8 heteroatoms. The number of aliphatic hydroxyl groups excluding tert-OH is 1. The van der Waals surface area contributed by atoms with Gasteiger partial charge in [0.05, 0.1) is 11.9 Å². The van der Waals surface area contributed by atoms with Gasteiger partial charge in [-0.3, -0.25) is 4.68 Å². The fourth-order valence-electron chi connectivity index (χ4n) is 5.00. The molecule has 1 saturated carbocycles. The molecule has 4 aromatic rings. The lowest BCUT2D eigenvalue weighted by Gasteiger charge is -2.44. The van der Waals surface area contributed by atoms with Gasteiger partial charge < -0.3 is 20.1 Å². The maximum absolute atomic E-state index is 10.5. The molecule has 1 aromatic carbocycles. The van der Waals surface area contributed by atoms with E-state index in [0.29, 0.717) is 0 Å². The highest BCUT2D eigenvalue weighted by Crippen LogP contribution is 2.53. The van der Waals surface area contributed by atoms with Crippen LogP contribution in [0, 0.1) is 0 Å². The molecule has 3 heterocycles. The summed E-state index contributed by atoms with van der Waals surface area (Å²) < 4.78 is 9.16. The number of hydrogen-bond donors (Lipinski definition) is 2. The molecule has 0 radical (unpaired) electrons. The molecule has 5 rings (SSSR count). The van der Waals surface area contributed by atoms with E-state index in [9.17, 15) is 5.11 Å². The van der Waals surface area contributed by atoms with E-state index in [4.69, 9.17) is 10.5 Å². The summed E-state index contributed by atoms with van der Waals surface area (Å²) >= 11 is 0. The maximum atomic E-state index is 10.5. The van der Waals surface area contributed by atoms with Crippen molar-refractivity contribution in [3.05, 3.63) is 72.1 Å². The number of nitrogens with zero attached hydrogens (tertiary/aromatic N) is 5. The van der Waals surface area contributed by atoms with Crippen LogP contribution in [-0.2, 0) is 24.2 Å². The number of hydrogen-bond acceptors (Lipinski definition) is 6. The molecular weight excluding hydrogens is 416 g/mol. The van der Waals surface area contributed by atoms with Crippen LogP contribution < -0.4 is 5.73 Å². The van der Waals surface area contributed by atoms with Crippen molar-refractivity contribution >= 4 is 5.95 Å². The first-order valence-corrected chi connectivity index (χ1v) is 11.0. The zero-order chi connectivity index (χ0) is 23.2. The second kappa shape index (κ2) is 8.13. The van der Waals surface area contributed by atoms with E-state index >= 15 is 0 Å². The Kier molecular flexibility index (Phi) is 5.26. The van der Waals surface area contributed by atoms with E-state index < -0.39 is 6.29 Å². The topological polar surface area (TPSA) is 104 Å². The summed E-state index contributed by atoms with van der Waals surface area (Å²) in [6.45, 7) is 0. The summed E-state index contributed by atoms with van der Waals surface area (Å²) in [5, 5.41) is 14.9. The number of rotatable bonds is 6. The van der Waals surface area contributed by atoms with Crippen molar-refractivity contribution < 1.29 is 9.84 Å². The van der Waals surface area contributed by atoms with E-state index in [1.165, 1.54) is 18.4 Å². The van der Waals surface area contributed by atoms with Gasteiger partial charge in [0.2, 0.25) is 5.95 Å². The highest BCUT2D eigenvalue weighted by Gasteiger charge is 2.44. The molecule has 0 saturated heterocycles. The summed E-state index contributed by atoms with van der Waals surface area (Å²) in [7, 11) is 5.43. The summed E-state index contributed by atoms with van der Waals surface area (Å²) in [6.07, 6.45) is 9.59. The summed E-state index contributed by atoms with van der Waals surface area (Å²) in [5.41, 5.74) is 12.7. The predicted octanol–water partition coefficient (Wildman–Crippen LogP) is 3.57.